The first-order valence-electron chi connectivity index (χ1n) is 5.76. The lowest BCUT2D eigenvalue weighted by molar-refractivity contribution is -0.131. The van der Waals surface area contributed by atoms with E-state index >= 15 is 0 Å². The lowest BCUT2D eigenvalue weighted by Crippen LogP contribution is -2.56. The molecule has 1 N–H and O–H groups in total. The second-order valence-corrected chi connectivity index (χ2v) is 6.77. The lowest BCUT2D eigenvalue weighted by Gasteiger charge is -2.39. The van der Waals surface area contributed by atoms with Gasteiger partial charge in [-0.3, -0.25) is 4.79 Å². The molecule has 0 radical (unpaired) electrons. The van der Waals surface area contributed by atoms with Crippen LogP contribution in [0.1, 0.15) is 12.8 Å². The van der Waals surface area contributed by atoms with Crippen molar-refractivity contribution in [3.05, 3.63) is 0 Å². The number of nitrogens with zero attached hydrogens (tertiary/aromatic N) is 1. The standard InChI is InChI=1S/C10H18N2O4S.ClH/c1-16-7-6-12-9(13)8-17(14,15)10(12)2-4-11-5-3-10;/h11H,2-8H2,1H3;1H. The van der Waals surface area contributed by atoms with Crippen molar-refractivity contribution >= 4 is 28.2 Å². The molecule has 2 rings (SSSR count). The van der Waals surface area contributed by atoms with E-state index in [2.05, 4.69) is 5.32 Å². The van der Waals surface area contributed by atoms with E-state index in [9.17, 15) is 13.2 Å². The molecule has 2 aliphatic rings. The fraction of sp³-hybridized carbons (Fsp3) is 0.900. The first-order chi connectivity index (χ1) is 8.03. The predicted octanol–water partition coefficient (Wildman–Crippen LogP) is -0.609. The number of carbonyl (C=O) groups is 1. The van der Waals surface area contributed by atoms with Crippen LogP contribution >= 0.6 is 12.4 Å². The number of ether oxygens (including phenoxy) is 1. The van der Waals surface area contributed by atoms with E-state index in [0.717, 1.165) is 0 Å². The van der Waals surface area contributed by atoms with Gasteiger partial charge in [-0.1, -0.05) is 0 Å². The Morgan fingerprint density at radius 1 is 1.39 bits per heavy atom. The molecule has 2 fully saturated rings. The van der Waals surface area contributed by atoms with E-state index in [1.165, 1.54) is 4.90 Å². The van der Waals surface area contributed by atoms with Crippen molar-refractivity contribution in [1.29, 1.82) is 0 Å². The Morgan fingerprint density at radius 3 is 2.56 bits per heavy atom. The van der Waals surface area contributed by atoms with Crippen LogP contribution in [0.3, 0.4) is 0 Å². The van der Waals surface area contributed by atoms with Crippen molar-refractivity contribution < 1.29 is 17.9 Å². The van der Waals surface area contributed by atoms with Gasteiger partial charge in [-0.15, -0.1) is 12.4 Å². The van der Waals surface area contributed by atoms with E-state index in [4.69, 9.17) is 4.74 Å². The van der Waals surface area contributed by atoms with Gasteiger partial charge in [-0.2, -0.15) is 0 Å². The van der Waals surface area contributed by atoms with Crippen molar-refractivity contribution in [2.45, 2.75) is 17.7 Å². The molecule has 1 spiro atoms. The van der Waals surface area contributed by atoms with Gasteiger partial charge < -0.3 is 15.0 Å². The Kier molecular flexibility index (Phi) is 4.99. The molecule has 6 nitrogen and oxygen atoms in total. The van der Waals surface area contributed by atoms with Crippen LogP contribution in [0.5, 0.6) is 0 Å². The number of nitrogens with one attached hydrogen (secondary N) is 1. The third kappa shape index (κ3) is 2.36. The zero-order valence-corrected chi connectivity index (χ0v) is 12.0. The quantitative estimate of drug-likeness (QED) is 0.752. The van der Waals surface area contributed by atoms with Gasteiger partial charge in [0.2, 0.25) is 5.91 Å². The normalized spacial score (nSPS) is 25.2. The maximum atomic E-state index is 12.2. The molecule has 18 heavy (non-hydrogen) atoms. The smallest absolute Gasteiger partial charge is 0.239 e. The summed E-state index contributed by atoms with van der Waals surface area (Å²) >= 11 is 0. The summed E-state index contributed by atoms with van der Waals surface area (Å²) in [6, 6.07) is 0. The molecule has 0 saturated carbocycles. The second-order valence-electron chi connectivity index (χ2n) is 4.49. The third-order valence-electron chi connectivity index (χ3n) is 3.59. The number of piperidine rings is 1. The van der Waals surface area contributed by atoms with Crippen LogP contribution in [0.4, 0.5) is 0 Å². The van der Waals surface area contributed by atoms with Gasteiger partial charge in [0.1, 0.15) is 10.6 Å². The number of carbonyl (C=O) groups excluding carboxylic acids is 1. The average molecular weight is 299 g/mol. The molecule has 106 valence electrons. The molecule has 0 bridgehead atoms. The molecule has 0 aliphatic carbocycles. The molecule has 2 saturated heterocycles. The molecule has 8 heteroatoms. The second kappa shape index (κ2) is 5.73. The van der Waals surface area contributed by atoms with E-state index in [-0.39, 0.29) is 24.1 Å². The molecule has 2 heterocycles. The van der Waals surface area contributed by atoms with Gasteiger partial charge in [0.15, 0.2) is 9.84 Å². The van der Waals surface area contributed by atoms with Gasteiger partial charge in [0.05, 0.1) is 6.61 Å². The van der Waals surface area contributed by atoms with Crippen LogP contribution < -0.4 is 5.32 Å². The maximum absolute atomic E-state index is 12.2. The Morgan fingerprint density at radius 2 is 2.00 bits per heavy atom. The maximum Gasteiger partial charge on any atom is 0.239 e. The molecule has 1 amide bonds. The highest BCUT2D eigenvalue weighted by Crippen LogP contribution is 2.37. The van der Waals surface area contributed by atoms with E-state index in [0.29, 0.717) is 39.1 Å². The third-order valence-corrected chi connectivity index (χ3v) is 6.00. The van der Waals surface area contributed by atoms with Gasteiger partial charge in [-0.25, -0.2) is 8.42 Å². The molecule has 0 atom stereocenters. The number of hydrogen-bond acceptors (Lipinski definition) is 5. The van der Waals surface area contributed by atoms with Crippen LogP contribution in [-0.2, 0) is 19.4 Å². The zero-order chi connectivity index (χ0) is 12.5. The molecule has 0 aromatic carbocycles. The number of sulfone groups is 1. The predicted molar refractivity (Wildman–Crippen MR) is 69.5 cm³/mol. The fourth-order valence-corrected chi connectivity index (χ4v) is 4.78. The van der Waals surface area contributed by atoms with Crippen LogP contribution in [0.2, 0.25) is 0 Å². The van der Waals surface area contributed by atoms with Gasteiger partial charge in [0.25, 0.3) is 0 Å². The number of hydrogen-bond donors (Lipinski definition) is 1. The lowest BCUT2D eigenvalue weighted by atomic mass is 10.0. The first kappa shape index (κ1) is 15.7. The monoisotopic (exact) mass is 298 g/mol. The molecule has 2 aliphatic heterocycles. The average Bonchev–Trinajstić information content (AvgIpc) is 2.46. The minimum absolute atomic E-state index is 0. The summed E-state index contributed by atoms with van der Waals surface area (Å²) in [5.41, 5.74) is 0. The highest BCUT2D eigenvalue weighted by molar-refractivity contribution is 7.93. The van der Waals surface area contributed by atoms with Crippen molar-refractivity contribution in [2.75, 3.05) is 39.1 Å². The Labute approximate surface area is 113 Å². The van der Waals surface area contributed by atoms with Crippen LogP contribution in [0.25, 0.3) is 0 Å². The first-order valence-corrected chi connectivity index (χ1v) is 7.41. The molecule has 0 unspecified atom stereocenters. The highest BCUT2D eigenvalue weighted by Gasteiger charge is 2.57. The Bertz CT molecular complexity index is 406. The summed E-state index contributed by atoms with van der Waals surface area (Å²) in [5.74, 6) is -0.638. The van der Waals surface area contributed by atoms with Gasteiger partial charge in [-0.05, 0) is 25.9 Å². The Balaban J connectivity index is 0.00000162. The SMILES string of the molecule is COCCN1C(=O)CS(=O)(=O)C12CCNCC2.Cl. The number of methoxy groups -OCH3 is 1. The molecule has 0 aromatic rings. The van der Waals surface area contributed by atoms with Crippen LogP contribution in [0, 0.1) is 0 Å². The zero-order valence-electron chi connectivity index (χ0n) is 10.3. The highest BCUT2D eigenvalue weighted by atomic mass is 35.5. The van der Waals surface area contributed by atoms with Crippen molar-refractivity contribution in [3.63, 3.8) is 0 Å². The van der Waals surface area contributed by atoms with Gasteiger partial charge in [0, 0.05) is 13.7 Å². The topological polar surface area (TPSA) is 75.7 Å². The summed E-state index contributed by atoms with van der Waals surface area (Å²) in [6.07, 6.45) is 0.954. The van der Waals surface area contributed by atoms with E-state index < -0.39 is 14.7 Å². The van der Waals surface area contributed by atoms with Crippen molar-refractivity contribution in [1.82, 2.24) is 10.2 Å². The molecular formula is C10H19ClN2O4S. The molecular weight excluding hydrogens is 280 g/mol. The summed E-state index contributed by atoms with van der Waals surface area (Å²) in [5, 5.41) is 3.13. The summed E-state index contributed by atoms with van der Waals surface area (Å²) < 4.78 is 29.3. The largest absolute Gasteiger partial charge is 0.383 e. The summed E-state index contributed by atoms with van der Waals surface area (Å²) in [7, 11) is -1.81. The number of rotatable bonds is 3. The van der Waals surface area contributed by atoms with Crippen LogP contribution in [0.15, 0.2) is 0 Å². The minimum Gasteiger partial charge on any atom is -0.383 e. The Hall–Kier alpha value is -0.370. The summed E-state index contributed by atoms with van der Waals surface area (Å²) in [4.78, 5) is 12.4. The van der Waals surface area contributed by atoms with Crippen molar-refractivity contribution in [2.24, 2.45) is 0 Å². The van der Waals surface area contributed by atoms with Gasteiger partial charge >= 0.3 is 0 Å². The number of amides is 1. The van der Waals surface area contributed by atoms with E-state index in [1.807, 2.05) is 0 Å². The molecule has 0 aromatic heterocycles. The number of halogens is 1. The van der Waals surface area contributed by atoms with Crippen molar-refractivity contribution in [3.8, 4) is 0 Å². The minimum atomic E-state index is -3.36. The summed E-state index contributed by atoms with van der Waals surface area (Å²) in [6.45, 7) is 2.00. The fourth-order valence-electron chi connectivity index (χ4n) is 2.68. The van der Waals surface area contributed by atoms with Crippen LogP contribution in [-0.4, -0.2) is 63.2 Å². The van der Waals surface area contributed by atoms with E-state index in [1.54, 1.807) is 7.11 Å².